The molecule has 54 valence electrons. The molecule has 0 aliphatic carbocycles. The predicted molar refractivity (Wildman–Crippen MR) is 37.3 cm³/mol. The van der Waals surface area contributed by atoms with Gasteiger partial charge in [0.25, 0.3) is 0 Å². The first-order valence-electron chi connectivity index (χ1n) is 2.32. The molecular formula is C5H8BNO3. The van der Waals surface area contributed by atoms with Gasteiger partial charge in [0.15, 0.2) is 0 Å². The molecule has 0 aliphatic heterocycles. The molecule has 0 aromatic rings. The summed E-state index contributed by atoms with van der Waals surface area (Å²) in [6.07, 6.45) is 2.13. The fraction of sp³-hybridized carbons (Fsp3) is 0. The summed E-state index contributed by atoms with van der Waals surface area (Å²) in [6, 6.07) is 1.69. The van der Waals surface area contributed by atoms with Crippen LogP contribution in [0.5, 0.6) is 0 Å². The van der Waals surface area contributed by atoms with Gasteiger partial charge in [-0.3, -0.25) is 0 Å². The Kier molecular flexibility index (Phi) is 12.3. The van der Waals surface area contributed by atoms with Gasteiger partial charge >= 0.3 is 7.32 Å². The maximum Gasteiger partial charge on any atom is 0.707 e. The van der Waals surface area contributed by atoms with Crippen molar-refractivity contribution in [2.24, 2.45) is 0 Å². The molecule has 10 heavy (non-hydrogen) atoms. The van der Waals surface area contributed by atoms with Crippen molar-refractivity contribution in [3.8, 4) is 6.07 Å². The number of hydrogen-bond donors (Lipinski definition) is 2. The first-order chi connectivity index (χ1) is 4.68. The smallest absolute Gasteiger partial charge is 0.519 e. The molecule has 0 rings (SSSR count). The summed E-state index contributed by atoms with van der Waals surface area (Å²) in [5.74, 6) is 0. The largest absolute Gasteiger partial charge is 0.707 e. The normalized spacial score (nSPS) is 5.70. The number of rotatable bonds is 2. The molecule has 0 bridgehead atoms. The average molecular weight is 141 g/mol. The van der Waals surface area contributed by atoms with Crippen LogP contribution in [-0.4, -0.2) is 17.4 Å². The Morgan fingerprint density at radius 2 is 1.90 bits per heavy atom. The molecule has 0 aromatic heterocycles. The van der Waals surface area contributed by atoms with Crippen molar-refractivity contribution in [2.45, 2.75) is 0 Å². The molecule has 0 saturated heterocycles. The molecule has 2 N–H and O–H groups in total. The van der Waals surface area contributed by atoms with Gasteiger partial charge in [0.05, 0.1) is 12.3 Å². The van der Waals surface area contributed by atoms with Crippen LogP contribution in [0.25, 0.3) is 0 Å². The molecule has 0 atom stereocenters. The first kappa shape index (κ1) is 11.5. The highest BCUT2D eigenvalue weighted by molar-refractivity contribution is 6.32. The van der Waals surface area contributed by atoms with Gasteiger partial charge in [-0.2, -0.15) is 5.26 Å². The van der Waals surface area contributed by atoms with Crippen LogP contribution < -0.4 is 0 Å². The van der Waals surface area contributed by atoms with E-state index in [4.69, 9.17) is 15.3 Å². The SMILES string of the molecule is C=CC#N.C=COB(O)O. The molecule has 0 radical (unpaired) electrons. The molecule has 0 aromatic carbocycles. The van der Waals surface area contributed by atoms with Crippen LogP contribution in [-0.2, 0) is 4.65 Å². The predicted octanol–water partition coefficient (Wildman–Crippen LogP) is -0.188. The quantitative estimate of drug-likeness (QED) is 0.317. The Morgan fingerprint density at radius 3 is 1.90 bits per heavy atom. The fourth-order valence-electron chi connectivity index (χ4n) is 0.0861. The minimum absolute atomic E-state index is 0.949. The summed E-state index contributed by atoms with van der Waals surface area (Å²) in [5, 5.41) is 23.1. The average Bonchev–Trinajstić information content (AvgIpc) is 1.89. The zero-order chi connectivity index (χ0) is 8.41. The molecule has 0 fully saturated rings. The van der Waals surface area contributed by atoms with E-state index in [1.807, 2.05) is 0 Å². The van der Waals surface area contributed by atoms with Gasteiger partial charge < -0.3 is 14.7 Å². The van der Waals surface area contributed by atoms with Crippen LogP contribution in [0.1, 0.15) is 0 Å². The van der Waals surface area contributed by atoms with Crippen molar-refractivity contribution >= 4 is 7.32 Å². The topological polar surface area (TPSA) is 73.5 Å². The van der Waals surface area contributed by atoms with Crippen LogP contribution in [0.2, 0.25) is 0 Å². The zero-order valence-corrected chi connectivity index (χ0v) is 5.40. The fourth-order valence-corrected chi connectivity index (χ4v) is 0.0861. The van der Waals surface area contributed by atoms with E-state index in [2.05, 4.69) is 17.8 Å². The summed E-state index contributed by atoms with van der Waals surface area (Å²) in [5.41, 5.74) is 0. The number of hydrogen-bond acceptors (Lipinski definition) is 4. The van der Waals surface area contributed by atoms with E-state index in [1.165, 1.54) is 6.08 Å². The van der Waals surface area contributed by atoms with Gasteiger partial charge in [-0.1, -0.05) is 13.2 Å². The molecule has 0 unspecified atom stereocenters. The second-order valence-corrected chi connectivity index (χ2v) is 0.962. The Labute approximate surface area is 59.8 Å². The highest BCUT2D eigenvalue weighted by Gasteiger charge is 2.04. The minimum Gasteiger partial charge on any atom is -0.519 e. The minimum atomic E-state index is -1.72. The second-order valence-electron chi connectivity index (χ2n) is 0.962. The lowest BCUT2D eigenvalue weighted by Gasteiger charge is -1.90. The number of nitrogens with zero attached hydrogens (tertiary/aromatic N) is 1. The van der Waals surface area contributed by atoms with Crippen LogP contribution in [0.15, 0.2) is 25.5 Å². The summed E-state index contributed by atoms with van der Waals surface area (Å²) >= 11 is 0. The van der Waals surface area contributed by atoms with Crippen molar-refractivity contribution in [1.82, 2.24) is 0 Å². The van der Waals surface area contributed by atoms with Gasteiger partial charge in [-0.05, 0) is 0 Å². The van der Waals surface area contributed by atoms with Crippen LogP contribution >= 0.6 is 0 Å². The van der Waals surface area contributed by atoms with Gasteiger partial charge in [0.1, 0.15) is 0 Å². The lowest BCUT2D eigenvalue weighted by Crippen LogP contribution is -2.12. The van der Waals surface area contributed by atoms with Crippen LogP contribution in [0.4, 0.5) is 0 Å². The van der Waals surface area contributed by atoms with Gasteiger partial charge in [0, 0.05) is 6.08 Å². The maximum atomic E-state index is 7.81. The number of nitriles is 1. The molecule has 0 heterocycles. The van der Waals surface area contributed by atoms with Gasteiger partial charge in [-0.15, -0.1) is 0 Å². The summed E-state index contributed by atoms with van der Waals surface area (Å²) < 4.78 is 3.92. The van der Waals surface area contributed by atoms with E-state index in [1.54, 1.807) is 6.07 Å². The molecule has 0 spiro atoms. The molecule has 0 amide bonds. The molecular weight excluding hydrogens is 133 g/mol. The summed E-state index contributed by atoms with van der Waals surface area (Å²) in [7, 11) is -1.72. The first-order valence-corrected chi connectivity index (χ1v) is 2.32. The van der Waals surface area contributed by atoms with Crippen LogP contribution in [0.3, 0.4) is 0 Å². The maximum absolute atomic E-state index is 7.81. The molecule has 5 heteroatoms. The third kappa shape index (κ3) is 29.5. The highest BCUT2D eigenvalue weighted by atomic mass is 16.6. The monoisotopic (exact) mass is 141 g/mol. The van der Waals surface area contributed by atoms with Crippen LogP contribution in [0, 0.1) is 11.3 Å². The van der Waals surface area contributed by atoms with E-state index in [9.17, 15) is 0 Å². The van der Waals surface area contributed by atoms with Crippen molar-refractivity contribution < 1.29 is 14.7 Å². The standard InChI is InChI=1S/C3H3N.C2H5BO3/c1-2-3-4;1-2-6-3(4)5/h2H,1H2;2,4-5H,1H2. The second kappa shape index (κ2) is 10.7. The van der Waals surface area contributed by atoms with E-state index in [0.717, 1.165) is 6.26 Å². The molecule has 4 nitrogen and oxygen atoms in total. The van der Waals surface area contributed by atoms with E-state index >= 15 is 0 Å². The van der Waals surface area contributed by atoms with Crippen molar-refractivity contribution in [3.05, 3.63) is 25.5 Å². The molecule has 0 saturated carbocycles. The van der Waals surface area contributed by atoms with E-state index < -0.39 is 7.32 Å². The third-order valence-corrected chi connectivity index (χ3v) is 0.309. The van der Waals surface area contributed by atoms with E-state index in [0.29, 0.717) is 0 Å². The van der Waals surface area contributed by atoms with E-state index in [-0.39, 0.29) is 0 Å². The summed E-state index contributed by atoms with van der Waals surface area (Å²) in [6.45, 7) is 6.18. The van der Waals surface area contributed by atoms with Crippen molar-refractivity contribution in [1.29, 1.82) is 5.26 Å². The van der Waals surface area contributed by atoms with Gasteiger partial charge in [-0.25, -0.2) is 0 Å². The lowest BCUT2D eigenvalue weighted by molar-refractivity contribution is 0.258. The lowest BCUT2D eigenvalue weighted by atomic mass is 10.3. The Morgan fingerprint density at radius 1 is 1.50 bits per heavy atom. The van der Waals surface area contributed by atoms with Crippen molar-refractivity contribution in [2.75, 3.05) is 0 Å². The Bertz CT molecular complexity index is 129. The number of allylic oxidation sites excluding steroid dienone is 1. The Balaban J connectivity index is 0. The zero-order valence-electron chi connectivity index (χ0n) is 5.40. The summed E-state index contributed by atoms with van der Waals surface area (Å²) in [4.78, 5) is 0. The molecule has 0 aliphatic rings. The van der Waals surface area contributed by atoms with Crippen molar-refractivity contribution in [3.63, 3.8) is 0 Å². The Hall–Kier alpha value is -1.25. The highest BCUT2D eigenvalue weighted by Crippen LogP contribution is 1.70. The van der Waals surface area contributed by atoms with Gasteiger partial charge in [0.2, 0.25) is 0 Å². The third-order valence-electron chi connectivity index (χ3n) is 0.309.